The van der Waals surface area contributed by atoms with Gasteiger partial charge in [-0.2, -0.15) is 4.98 Å². The molecule has 2 heterocycles. The maximum absolute atomic E-state index is 12.3. The monoisotopic (exact) mass is 343 g/mol. The third-order valence-corrected chi connectivity index (χ3v) is 4.90. The number of aromatic nitrogens is 2. The van der Waals surface area contributed by atoms with E-state index >= 15 is 0 Å². The average molecular weight is 343 g/mol. The van der Waals surface area contributed by atoms with Gasteiger partial charge in [-0.25, -0.2) is 0 Å². The SMILES string of the molecule is CCC(CC)C(=O)N1CC(c2nc(Cc3ccccc3OC)no2)C1. The van der Waals surface area contributed by atoms with Crippen LogP contribution in [0.5, 0.6) is 5.75 Å². The van der Waals surface area contributed by atoms with Crippen LogP contribution >= 0.6 is 0 Å². The second-order valence-corrected chi connectivity index (χ2v) is 6.49. The van der Waals surface area contributed by atoms with Gasteiger partial charge in [0.2, 0.25) is 11.8 Å². The number of benzene rings is 1. The lowest BCUT2D eigenvalue weighted by molar-refractivity contribution is -0.140. The van der Waals surface area contributed by atoms with E-state index in [9.17, 15) is 4.79 Å². The van der Waals surface area contributed by atoms with E-state index in [4.69, 9.17) is 9.26 Å². The summed E-state index contributed by atoms with van der Waals surface area (Å²) in [6.07, 6.45) is 2.34. The fourth-order valence-corrected chi connectivity index (χ4v) is 3.24. The number of para-hydroxylation sites is 1. The number of carbonyl (C=O) groups excluding carboxylic acids is 1. The van der Waals surface area contributed by atoms with Gasteiger partial charge in [0.05, 0.1) is 13.0 Å². The van der Waals surface area contributed by atoms with Crippen LogP contribution in [0.15, 0.2) is 28.8 Å². The Balaban J connectivity index is 1.59. The summed E-state index contributed by atoms with van der Waals surface area (Å²) in [5.41, 5.74) is 1.02. The Hall–Kier alpha value is -2.37. The first-order chi connectivity index (χ1) is 12.2. The zero-order valence-electron chi connectivity index (χ0n) is 15.1. The standard InChI is InChI=1S/C19H25N3O3/c1-4-13(5-2)19(23)22-11-15(12-22)18-20-17(21-25-18)10-14-8-6-7-9-16(14)24-3/h6-9,13,15H,4-5,10-12H2,1-3H3. The predicted molar refractivity (Wildman–Crippen MR) is 93.5 cm³/mol. The van der Waals surface area contributed by atoms with E-state index < -0.39 is 0 Å². The van der Waals surface area contributed by atoms with Crippen LogP contribution in [-0.4, -0.2) is 41.1 Å². The smallest absolute Gasteiger partial charge is 0.233 e. The van der Waals surface area contributed by atoms with Gasteiger partial charge in [0.15, 0.2) is 5.82 Å². The molecule has 0 N–H and O–H groups in total. The van der Waals surface area contributed by atoms with Gasteiger partial charge in [0.25, 0.3) is 0 Å². The molecular formula is C19H25N3O3. The van der Waals surface area contributed by atoms with Crippen molar-refractivity contribution in [3.8, 4) is 5.75 Å². The predicted octanol–water partition coefficient (Wildman–Crippen LogP) is 3.03. The lowest BCUT2D eigenvalue weighted by atomic mass is 9.94. The topological polar surface area (TPSA) is 68.5 Å². The Morgan fingerprint density at radius 3 is 2.72 bits per heavy atom. The molecule has 134 valence electrons. The van der Waals surface area contributed by atoms with E-state index in [2.05, 4.69) is 24.0 Å². The minimum Gasteiger partial charge on any atom is -0.496 e. The molecule has 1 aliphatic heterocycles. The summed E-state index contributed by atoms with van der Waals surface area (Å²) < 4.78 is 10.8. The summed E-state index contributed by atoms with van der Waals surface area (Å²) in [5.74, 6) is 2.61. The molecule has 0 saturated carbocycles. The quantitative estimate of drug-likeness (QED) is 0.773. The molecular weight excluding hydrogens is 318 g/mol. The Morgan fingerprint density at radius 1 is 1.32 bits per heavy atom. The van der Waals surface area contributed by atoms with E-state index in [-0.39, 0.29) is 17.7 Å². The highest BCUT2D eigenvalue weighted by atomic mass is 16.5. The fourth-order valence-electron chi connectivity index (χ4n) is 3.24. The van der Waals surface area contributed by atoms with E-state index in [0.29, 0.717) is 31.2 Å². The van der Waals surface area contributed by atoms with Gasteiger partial charge >= 0.3 is 0 Å². The van der Waals surface area contributed by atoms with Crippen molar-refractivity contribution in [3.63, 3.8) is 0 Å². The Bertz CT molecular complexity index is 718. The van der Waals surface area contributed by atoms with Gasteiger partial charge in [-0.1, -0.05) is 37.2 Å². The molecule has 1 aromatic heterocycles. The maximum Gasteiger partial charge on any atom is 0.233 e. The Morgan fingerprint density at radius 2 is 2.04 bits per heavy atom. The van der Waals surface area contributed by atoms with Crippen LogP contribution in [0.1, 0.15) is 49.9 Å². The molecule has 0 radical (unpaired) electrons. The number of carbonyl (C=O) groups is 1. The first-order valence-corrected chi connectivity index (χ1v) is 8.89. The largest absolute Gasteiger partial charge is 0.496 e. The first kappa shape index (κ1) is 17.5. The van der Waals surface area contributed by atoms with Crippen LogP contribution in [-0.2, 0) is 11.2 Å². The van der Waals surface area contributed by atoms with Crippen LogP contribution in [0, 0.1) is 5.92 Å². The number of hydrogen-bond donors (Lipinski definition) is 0. The van der Waals surface area contributed by atoms with Gasteiger partial charge < -0.3 is 14.2 Å². The lowest BCUT2D eigenvalue weighted by Crippen LogP contribution is -2.50. The molecule has 1 amide bonds. The van der Waals surface area contributed by atoms with Gasteiger partial charge in [-0.3, -0.25) is 4.79 Å². The summed E-state index contributed by atoms with van der Waals surface area (Å²) in [6, 6.07) is 7.81. The van der Waals surface area contributed by atoms with Crippen molar-refractivity contribution >= 4 is 5.91 Å². The summed E-state index contributed by atoms with van der Waals surface area (Å²) in [4.78, 5) is 18.7. The summed E-state index contributed by atoms with van der Waals surface area (Å²) in [5, 5.41) is 4.08. The number of nitrogens with zero attached hydrogens (tertiary/aromatic N) is 3. The first-order valence-electron chi connectivity index (χ1n) is 8.89. The van der Waals surface area contributed by atoms with Crippen LogP contribution < -0.4 is 4.74 Å². The van der Waals surface area contributed by atoms with Crippen LogP contribution in [0.4, 0.5) is 0 Å². The van der Waals surface area contributed by atoms with Crippen molar-refractivity contribution < 1.29 is 14.1 Å². The Kier molecular flexibility index (Phi) is 5.36. The molecule has 1 aliphatic rings. The normalized spacial score (nSPS) is 14.6. The molecule has 0 spiro atoms. The molecule has 25 heavy (non-hydrogen) atoms. The molecule has 0 bridgehead atoms. The highest BCUT2D eigenvalue weighted by Gasteiger charge is 2.37. The molecule has 2 aromatic rings. The number of hydrogen-bond acceptors (Lipinski definition) is 5. The Labute approximate surface area is 148 Å². The van der Waals surface area contributed by atoms with Crippen molar-refractivity contribution in [1.29, 1.82) is 0 Å². The number of amides is 1. The molecule has 1 aromatic carbocycles. The van der Waals surface area contributed by atoms with Crippen molar-refractivity contribution in [2.45, 2.75) is 39.0 Å². The molecule has 0 atom stereocenters. The van der Waals surface area contributed by atoms with E-state index in [1.165, 1.54) is 0 Å². The summed E-state index contributed by atoms with van der Waals surface area (Å²) in [7, 11) is 1.65. The molecule has 6 nitrogen and oxygen atoms in total. The molecule has 0 unspecified atom stereocenters. The number of rotatable bonds is 7. The molecule has 1 fully saturated rings. The van der Waals surface area contributed by atoms with Crippen molar-refractivity contribution in [3.05, 3.63) is 41.5 Å². The second kappa shape index (κ2) is 7.68. The second-order valence-electron chi connectivity index (χ2n) is 6.49. The average Bonchev–Trinajstić information content (AvgIpc) is 3.03. The van der Waals surface area contributed by atoms with Gasteiger partial charge in [0.1, 0.15) is 5.75 Å². The molecule has 6 heteroatoms. The highest BCUT2D eigenvalue weighted by Crippen LogP contribution is 2.29. The zero-order chi connectivity index (χ0) is 17.8. The van der Waals surface area contributed by atoms with E-state index in [0.717, 1.165) is 24.2 Å². The van der Waals surface area contributed by atoms with Crippen molar-refractivity contribution in [2.75, 3.05) is 20.2 Å². The molecule has 3 rings (SSSR count). The van der Waals surface area contributed by atoms with Crippen LogP contribution in [0.3, 0.4) is 0 Å². The number of ether oxygens (including phenoxy) is 1. The van der Waals surface area contributed by atoms with Gasteiger partial charge in [-0.15, -0.1) is 0 Å². The molecule has 0 aliphatic carbocycles. The van der Waals surface area contributed by atoms with E-state index in [1.807, 2.05) is 29.2 Å². The highest BCUT2D eigenvalue weighted by molar-refractivity contribution is 5.79. The van der Waals surface area contributed by atoms with Crippen molar-refractivity contribution in [2.24, 2.45) is 5.92 Å². The third kappa shape index (κ3) is 3.67. The minimum atomic E-state index is 0.129. The molecule has 1 saturated heterocycles. The number of likely N-dealkylation sites (tertiary alicyclic amines) is 1. The van der Waals surface area contributed by atoms with Crippen LogP contribution in [0.25, 0.3) is 0 Å². The summed E-state index contributed by atoms with van der Waals surface area (Å²) in [6.45, 7) is 5.47. The zero-order valence-corrected chi connectivity index (χ0v) is 15.1. The fraction of sp³-hybridized carbons (Fsp3) is 0.526. The van der Waals surface area contributed by atoms with Crippen molar-refractivity contribution in [1.82, 2.24) is 15.0 Å². The maximum atomic E-state index is 12.3. The van der Waals surface area contributed by atoms with Gasteiger partial charge in [0, 0.05) is 31.0 Å². The lowest BCUT2D eigenvalue weighted by Gasteiger charge is -2.39. The number of methoxy groups -OCH3 is 1. The van der Waals surface area contributed by atoms with Gasteiger partial charge in [-0.05, 0) is 18.9 Å². The minimum absolute atomic E-state index is 0.129. The summed E-state index contributed by atoms with van der Waals surface area (Å²) >= 11 is 0. The van der Waals surface area contributed by atoms with E-state index in [1.54, 1.807) is 7.11 Å². The van der Waals surface area contributed by atoms with Crippen LogP contribution in [0.2, 0.25) is 0 Å². The third-order valence-electron chi connectivity index (χ3n) is 4.90.